The Morgan fingerprint density at radius 2 is 1.89 bits per heavy atom. The lowest BCUT2D eigenvalue weighted by Crippen LogP contribution is -2.03. The summed E-state index contributed by atoms with van der Waals surface area (Å²) in [6.45, 7) is -2.84. The van der Waals surface area contributed by atoms with Crippen LogP contribution < -0.4 is 4.74 Å². The van der Waals surface area contributed by atoms with Gasteiger partial charge in [-0.05, 0) is 45.1 Å². The van der Waals surface area contributed by atoms with Gasteiger partial charge in [0.1, 0.15) is 5.75 Å². The van der Waals surface area contributed by atoms with Gasteiger partial charge in [0.15, 0.2) is 0 Å². The Morgan fingerprint density at radius 3 is 2.42 bits per heavy atom. The van der Waals surface area contributed by atoms with Gasteiger partial charge < -0.3 is 9.84 Å². The van der Waals surface area contributed by atoms with Gasteiger partial charge in [0.2, 0.25) is 0 Å². The Labute approximate surface area is 121 Å². The van der Waals surface area contributed by atoms with Crippen molar-refractivity contribution in [3.05, 3.63) is 50.6 Å². The summed E-state index contributed by atoms with van der Waals surface area (Å²) in [6, 6.07) is 7.95. The highest BCUT2D eigenvalue weighted by Gasteiger charge is 2.12. The number of benzene rings is 1. The molecule has 0 saturated carbocycles. The standard InChI is InChI=1S/C13H11BrF2O2S/c14-10-5-6-19-12(10)7-11(17)8-1-3-9(4-2-8)18-13(15)16/h1-6,11,13,17H,7H2. The second kappa shape index (κ2) is 6.45. The Morgan fingerprint density at radius 1 is 1.21 bits per heavy atom. The van der Waals surface area contributed by atoms with Crippen molar-refractivity contribution < 1.29 is 18.6 Å². The predicted molar refractivity (Wildman–Crippen MR) is 73.8 cm³/mol. The first-order valence-corrected chi connectivity index (χ1v) is 7.18. The minimum atomic E-state index is -2.84. The van der Waals surface area contributed by atoms with Gasteiger partial charge in [-0.1, -0.05) is 12.1 Å². The number of hydrogen-bond donors (Lipinski definition) is 1. The molecule has 0 radical (unpaired) electrons. The van der Waals surface area contributed by atoms with E-state index in [-0.39, 0.29) is 5.75 Å². The van der Waals surface area contributed by atoms with Crippen LogP contribution in [0.25, 0.3) is 0 Å². The number of ether oxygens (including phenoxy) is 1. The summed E-state index contributed by atoms with van der Waals surface area (Å²) in [6.07, 6.45) is -0.191. The molecule has 2 nitrogen and oxygen atoms in total. The number of halogens is 3. The zero-order valence-electron chi connectivity index (χ0n) is 9.72. The summed E-state index contributed by atoms with van der Waals surface area (Å²) in [5.41, 5.74) is 0.668. The normalized spacial score (nSPS) is 12.7. The van der Waals surface area contributed by atoms with Crippen molar-refractivity contribution in [3.63, 3.8) is 0 Å². The Kier molecular flexibility index (Phi) is 4.90. The van der Waals surface area contributed by atoms with E-state index in [1.807, 2.05) is 11.4 Å². The molecule has 0 bridgehead atoms. The molecule has 0 amide bonds. The number of alkyl halides is 2. The molecule has 2 rings (SSSR count). The highest BCUT2D eigenvalue weighted by atomic mass is 79.9. The van der Waals surface area contributed by atoms with Crippen LogP contribution in [0.1, 0.15) is 16.5 Å². The second-order valence-electron chi connectivity index (χ2n) is 3.86. The van der Waals surface area contributed by atoms with E-state index in [1.165, 1.54) is 12.1 Å². The molecule has 0 fully saturated rings. The maximum atomic E-state index is 12.0. The van der Waals surface area contributed by atoms with Crippen LogP contribution in [0.15, 0.2) is 40.2 Å². The van der Waals surface area contributed by atoms with Crippen LogP contribution in [0.3, 0.4) is 0 Å². The third kappa shape index (κ3) is 3.99. The van der Waals surface area contributed by atoms with Crippen LogP contribution in [0.5, 0.6) is 5.75 Å². The van der Waals surface area contributed by atoms with Crippen molar-refractivity contribution in [2.24, 2.45) is 0 Å². The molecular weight excluding hydrogens is 338 g/mol. The van der Waals surface area contributed by atoms with Gasteiger partial charge in [-0.2, -0.15) is 8.78 Å². The second-order valence-corrected chi connectivity index (χ2v) is 5.71. The maximum Gasteiger partial charge on any atom is 0.387 e. The van der Waals surface area contributed by atoms with E-state index in [4.69, 9.17) is 0 Å². The molecule has 0 aliphatic heterocycles. The van der Waals surface area contributed by atoms with Crippen molar-refractivity contribution in [3.8, 4) is 5.75 Å². The van der Waals surface area contributed by atoms with Crippen LogP contribution >= 0.6 is 27.3 Å². The Bertz CT molecular complexity index is 528. The lowest BCUT2D eigenvalue weighted by Gasteiger charge is -2.11. The molecule has 1 heterocycles. The van der Waals surface area contributed by atoms with Crippen LogP contribution in [0.4, 0.5) is 8.78 Å². The molecule has 2 aromatic rings. The van der Waals surface area contributed by atoms with Gasteiger partial charge in [-0.25, -0.2) is 0 Å². The van der Waals surface area contributed by atoms with E-state index in [1.54, 1.807) is 23.5 Å². The van der Waals surface area contributed by atoms with Crippen molar-refractivity contribution in [2.45, 2.75) is 19.1 Å². The minimum Gasteiger partial charge on any atom is -0.435 e. The summed E-state index contributed by atoms with van der Waals surface area (Å²) in [5, 5.41) is 12.0. The molecule has 1 atom stereocenters. The fraction of sp³-hybridized carbons (Fsp3) is 0.231. The van der Waals surface area contributed by atoms with E-state index < -0.39 is 12.7 Å². The van der Waals surface area contributed by atoms with Crippen LogP contribution in [0, 0.1) is 0 Å². The van der Waals surface area contributed by atoms with Crippen molar-refractivity contribution in [2.75, 3.05) is 0 Å². The molecule has 1 aromatic heterocycles. The molecule has 1 N–H and O–H groups in total. The third-order valence-electron chi connectivity index (χ3n) is 2.56. The Balaban J connectivity index is 2.03. The third-order valence-corrected chi connectivity index (χ3v) is 4.51. The highest BCUT2D eigenvalue weighted by Crippen LogP contribution is 2.29. The largest absolute Gasteiger partial charge is 0.435 e. The van der Waals surface area contributed by atoms with Crippen molar-refractivity contribution in [1.29, 1.82) is 0 Å². The lowest BCUT2D eigenvalue weighted by atomic mass is 10.1. The monoisotopic (exact) mass is 348 g/mol. The van der Waals surface area contributed by atoms with E-state index in [2.05, 4.69) is 20.7 Å². The molecule has 1 unspecified atom stereocenters. The van der Waals surface area contributed by atoms with Crippen LogP contribution in [-0.4, -0.2) is 11.7 Å². The number of aliphatic hydroxyl groups excluding tert-OH is 1. The molecule has 0 aliphatic carbocycles. The molecule has 0 aliphatic rings. The van der Waals surface area contributed by atoms with Gasteiger partial charge in [0.05, 0.1) is 6.10 Å². The zero-order valence-corrected chi connectivity index (χ0v) is 12.1. The summed E-state index contributed by atoms with van der Waals surface area (Å²) in [5.74, 6) is 0.0863. The number of aliphatic hydroxyl groups is 1. The SMILES string of the molecule is OC(Cc1sccc1Br)c1ccc(OC(F)F)cc1. The Hall–Kier alpha value is -0.980. The fourth-order valence-corrected chi connectivity index (χ4v) is 3.19. The van der Waals surface area contributed by atoms with Gasteiger partial charge in [0, 0.05) is 15.8 Å². The van der Waals surface area contributed by atoms with Gasteiger partial charge in [-0.15, -0.1) is 11.3 Å². The topological polar surface area (TPSA) is 29.5 Å². The number of thiophene rings is 1. The molecule has 102 valence electrons. The summed E-state index contributed by atoms with van der Waals surface area (Å²) < 4.78 is 29.2. The molecule has 19 heavy (non-hydrogen) atoms. The van der Waals surface area contributed by atoms with Gasteiger partial charge in [0.25, 0.3) is 0 Å². The first-order chi connectivity index (χ1) is 9.06. The summed E-state index contributed by atoms with van der Waals surface area (Å²) in [4.78, 5) is 1.04. The molecule has 0 saturated heterocycles. The zero-order chi connectivity index (χ0) is 13.8. The molecular formula is C13H11BrF2O2S. The molecule has 1 aromatic carbocycles. The first-order valence-electron chi connectivity index (χ1n) is 5.51. The molecule has 6 heteroatoms. The van der Waals surface area contributed by atoms with Crippen LogP contribution in [-0.2, 0) is 6.42 Å². The molecule has 0 spiro atoms. The van der Waals surface area contributed by atoms with Crippen LogP contribution in [0.2, 0.25) is 0 Å². The lowest BCUT2D eigenvalue weighted by molar-refractivity contribution is -0.0498. The smallest absolute Gasteiger partial charge is 0.387 e. The highest BCUT2D eigenvalue weighted by molar-refractivity contribution is 9.10. The van der Waals surface area contributed by atoms with E-state index in [9.17, 15) is 13.9 Å². The maximum absolute atomic E-state index is 12.0. The van der Waals surface area contributed by atoms with Gasteiger partial charge >= 0.3 is 6.61 Å². The predicted octanol–water partition coefficient (Wildman–Crippen LogP) is 4.39. The van der Waals surface area contributed by atoms with Crippen molar-refractivity contribution >= 4 is 27.3 Å². The number of rotatable bonds is 5. The average Bonchev–Trinajstić information content (AvgIpc) is 2.75. The van der Waals surface area contributed by atoms with Crippen molar-refractivity contribution in [1.82, 2.24) is 0 Å². The minimum absolute atomic E-state index is 0.0863. The van der Waals surface area contributed by atoms with E-state index in [0.717, 1.165) is 9.35 Å². The summed E-state index contributed by atoms with van der Waals surface area (Å²) in [7, 11) is 0. The fourth-order valence-electron chi connectivity index (χ4n) is 1.64. The summed E-state index contributed by atoms with van der Waals surface area (Å²) >= 11 is 4.96. The quantitative estimate of drug-likeness (QED) is 0.868. The van der Waals surface area contributed by atoms with E-state index >= 15 is 0 Å². The van der Waals surface area contributed by atoms with E-state index in [0.29, 0.717) is 12.0 Å². The first kappa shape index (κ1) is 14.4. The number of hydrogen-bond acceptors (Lipinski definition) is 3. The average molecular weight is 349 g/mol. The van der Waals surface area contributed by atoms with Gasteiger partial charge in [-0.3, -0.25) is 0 Å².